The number of hydrogen-bond donors (Lipinski definition) is 1. The fourth-order valence-electron chi connectivity index (χ4n) is 3.35. The summed E-state index contributed by atoms with van der Waals surface area (Å²) in [5, 5.41) is 3.44. The third-order valence-electron chi connectivity index (χ3n) is 5.01. The lowest BCUT2D eigenvalue weighted by molar-refractivity contribution is 0.0773. The molecule has 2 aromatic rings. The maximum absolute atomic E-state index is 12.6. The summed E-state index contributed by atoms with van der Waals surface area (Å²) in [6.07, 6.45) is 2.42. The number of piperidine rings is 1. The number of methoxy groups -OCH3 is 1. The number of amides is 1. The summed E-state index contributed by atoms with van der Waals surface area (Å²) in [5.41, 5.74) is 2.02. The van der Waals surface area contributed by atoms with Crippen LogP contribution in [0.15, 0.2) is 48.5 Å². The summed E-state index contributed by atoms with van der Waals surface area (Å²) in [4.78, 5) is 14.3. The van der Waals surface area contributed by atoms with Gasteiger partial charge >= 0.3 is 0 Å². The Hall–Kier alpha value is -2.53. The Kier molecular flexibility index (Phi) is 6.71. The largest absolute Gasteiger partial charge is 0.497 e. The van der Waals surface area contributed by atoms with E-state index in [0.29, 0.717) is 24.6 Å². The lowest BCUT2D eigenvalue weighted by Gasteiger charge is -2.23. The Morgan fingerprint density at radius 2 is 1.96 bits per heavy atom. The Labute approximate surface area is 161 Å². The SMILES string of the molecule is COc1cccc(OCCN(C)C(=O)c2ccc([C@@H]3CCCNC3)cc2)c1. The van der Waals surface area contributed by atoms with Crippen molar-refractivity contribution in [2.24, 2.45) is 0 Å². The van der Waals surface area contributed by atoms with Crippen LogP contribution in [-0.4, -0.2) is 51.2 Å². The second-order valence-corrected chi connectivity index (χ2v) is 6.92. The normalized spacial score (nSPS) is 16.6. The number of rotatable bonds is 7. The maximum atomic E-state index is 12.6. The smallest absolute Gasteiger partial charge is 0.253 e. The summed E-state index contributed by atoms with van der Waals surface area (Å²) in [6, 6.07) is 15.5. The molecule has 3 rings (SSSR count). The molecule has 1 aliphatic heterocycles. The van der Waals surface area contributed by atoms with Crippen LogP contribution in [0.5, 0.6) is 11.5 Å². The second kappa shape index (κ2) is 9.42. The van der Waals surface area contributed by atoms with Crippen LogP contribution >= 0.6 is 0 Å². The van der Waals surface area contributed by atoms with Crippen LogP contribution in [0.4, 0.5) is 0 Å². The van der Waals surface area contributed by atoms with E-state index >= 15 is 0 Å². The third kappa shape index (κ3) is 5.23. The number of carbonyl (C=O) groups is 1. The van der Waals surface area contributed by atoms with E-state index in [1.165, 1.54) is 18.4 Å². The van der Waals surface area contributed by atoms with Crippen molar-refractivity contribution in [1.82, 2.24) is 10.2 Å². The van der Waals surface area contributed by atoms with Gasteiger partial charge in [-0.3, -0.25) is 4.79 Å². The maximum Gasteiger partial charge on any atom is 0.253 e. The predicted octanol–water partition coefficient (Wildman–Crippen LogP) is 3.31. The highest BCUT2D eigenvalue weighted by Crippen LogP contribution is 2.23. The van der Waals surface area contributed by atoms with Crippen LogP contribution in [0.2, 0.25) is 0 Å². The summed E-state index contributed by atoms with van der Waals surface area (Å²) in [5.74, 6) is 2.06. The minimum absolute atomic E-state index is 0.0116. The summed E-state index contributed by atoms with van der Waals surface area (Å²) in [7, 11) is 3.43. The molecule has 1 N–H and O–H groups in total. The molecular formula is C22H28N2O3. The molecule has 1 saturated heterocycles. The van der Waals surface area contributed by atoms with Crippen LogP contribution in [0.25, 0.3) is 0 Å². The van der Waals surface area contributed by atoms with Crippen molar-refractivity contribution >= 4 is 5.91 Å². The van der Waals surface area contributed by atoms with Crippen molar-refractivity contribution in [1.29, 1.82) is 0 Å². The van der Waals surface area contributed by atoms with E-state index in [1.807, 2.05) is 36.4 Å². The van der Waals surface area contributed by atoms with Gasteiger partial charge in [0.15, 0.2) is 0 Å². The fourth-order valence-corrected chi connectivity index (χ4v) is 3.35. The van der Waals surface area contributed by atoms with Gasteiger partial charge < -0.3 is 19.7 Å². The number of nitrogens with zero attached hydrogens (tertiary/aromatic N) is 1. The Morgan fingerprint density at radius 1 is 1.19 bits per heavy atom. The first-order chi connectivity index (χ1) is 13.2. The van der Waals surface area contributed by atoms with Crippen molar-refractivity contribution in [2.45, 2.75) is 18.8 Å². The van der Waals surface area contributed by atoms with E-state index in [9.17, 15) is 4.79 Å². The van der Waals surface area contributed by atoms with Crippen LogP contribution in [0, 0.1) is 0 Å². The van der Waals surface area contributed by atoms with E-state index in [0.717, 1.165) is 24.6 Å². The summed E-state index contributed by atoms with van der Waals surface area (Å²) >= 11 is 0. The van der Waals surface area contributed by atoms with E-state index in [4.69, 9.17) is 9.47 Å². The molecule has 1 aliphatic rings. The molecule has 5 nitrogen and oxygen atoms in total. The number of benzene rings is 2. The highest BCUT2D eigenvalue weighted by atomic mass is 16.5. The van der Waals surface area contributed by atoms with Gasteiger partial charge in [0.1, 0.15) is 18.1 Å². The molecule has 0 spiro atoms. The molecule has 0 radical (unpaired) electrons. The highest BCUT2D eigenvalue weighted by molar-refractivity contribution is 5.94. The lowest BCUT2D eigenvalue weighted by Crippen LogP contribution is -2.31. The highest BCUT2D eigenvalue weighted by Gasteiger charge is 2.16. The van der Waals surface area contributed by atoms with Crippen molar-refractivity contribution in [3.05, 3.63) is 59.7 Å². The molecule has 0 unspecified atom stereocenters. The van der Waals surface area contributed by atoms with Gasteiger partial charge in [-0.15, -0.1) is 0 Å². The zero-order valence-electron chi connectivity index (χ0n) is 16.1. The molecule has 0 aliphatic carbocycles. The van der Waals surface area contributed by atoms with Gasteiger partial charge in [0, 0.05) is 25.2 Å². The van der Waals surface area contributed by atoms with Gasteiger partial charge in [0.2, 0.25) is 0 Å². The van der Waals surface area contributed by atoms with Gasteiger partial charge in [-0.2, -0.15) is 0 Å². The van der Waals surface area contributed by atoms with Crippen molar-refractivity contribution in [3.8, 4) is 11.5 Å². The second-order valence-electron chi connectivity index (χ2n) is 6.92. The standard InChI is InChI=1S/C22H28N2O3/c1-24(13-14-27-21-7-3-6-20(15-21)26-2)22(25)18-10-8-17(9-11-18)19-5-4-12-23-16-19/h3,6-11,15,19,23H,4-5,12-14,16H2,1-2H3/t19-/m1/s1. The van der Waals surface area contributed by atoms with E-state index in [2.05, 4.69) is 17.4 Å². The van der Waals surface area contributed by atoms with Crippen LogP contribution in [0.3, 0.4) is 0 Å². The quantitative estimate of drug-likeness (QED) is 0.815. The van der Waals surface area contributed by atoms with E-state index in [-0.39, 0.29) is 5.91 Å². The molecule has 2 aromatic carbocycles. The number of ether oxygens (including phenoxy) is 2. The molecule has 1 fully saturated rings. The molecule has 0 bridgehead atoms. The molecule has 5 heteroatoms. The van der Waals surface area contributed by atoms with Gasteiger partial charge in [0.25, 0.3) is 5.91 Å². The van der Waals surface area contributed by atoms with Crippen molar-refractivity contribution < 1.29 is 14.3 Å². The molecular weight excluding hydrogens is 340 g/mol. The minimum atomic E-state index is 0.0116. The zero-order valence-corrected chi connectivity index (χ0v) is 16.1. The molecule has 1 amide bonds. The number of hydrogen-bond acceptors (Lipinski definition) is 4. The van der Waals surface area contributed by atoms with Crippen molar-refractivity contribution in [2.75, 3.05) is 40.4 Å². The van der Waals surface area contributed by atoms with Gasteiger partial charge in [-0.25, -0.2) is 0 Å². The van der Waals surface area contributed by atoms with E-state index in [1.54, 1.807) is 19.1 Å². The predicted molar refractivity (Wildman–Crippen MR) is 107 cm³/mol. The molecule has 0 saturated carbocycles. The average molecular weight is 368 g/mol. The molecule has 144 valence electrons. The van der Waals surface area contributed by atoms with Gasteiger partial charge in [-0.05, 0) is 55.1 Å². The van der Waals surface area contributed by atoms with Crippen LogP contribution in [-0.2, 0) is 0 Å². The Morgan fingerprint density at radius 3 is 2.67 bits per heavy atom. The summed E-state index contributed by atoms with van der Waals surface area (Å²) < 4.78 is 10.9. The third-order valence-corrected chi connectivity index (χ3v) is 5.01. The Bertz CT molecular complexity index is 739. The number of carbonyl (C=O) groups excluding carboxylic acids is 1. The number of likely N-dealkylation sites (N-methyl/N-ethyl adjacent to an activating group) is 1. The molecule has 0 aromatic heterocycles. The average Bonchev–Trinajstić information content (AvgIpc) is 2.74. The molecule has 1 heterocycles. The molecule has 1 atom stereocenters. The fraction of sp³-hybridized carbons (Fsp3) is 0.409. The van der Waals surface area contributed by atoms with Crippen molar-refractivity contribution in [3.63, 3.8) is 0 Å². The van der Waals surface area contributed by atoms with E-state index < -0.39 is 0 Å². The molecule has 27 heavy (non-hydrogen) atoms. The first-order valence-corrected chi connectivity index (χ1v) is 9.50. The first-order valence-electron chi connectivity index (χ1n) is 9.50. The monoisotopic (exact) mass is 368 g/mol. The van der Waals surface area contributed by atoms with Gasteiger partial charge in [0.05, 0.1) is 13.7 Å². The Balaban J connectivity index is 1.50. The topological polar surface area (TPSA) is 50.8 Å². The lowest BCUT2D eigenvalue weighted by atomic mass is 9.91. The minimum Gasteiger partial charge on any atom is -0.497 e. The first kappa shape index (κ1) is 19.2. The van der Waals surface area contributed by atoms with Gasteiger partial charge in [-0.1, -0.05) is 18.2 Å². The zero-order chi connectivity index (χ0) is 19.1. The number of nitrogens with one attached hydrogen (secondary N) is 1. The summed E-state index contributed by atoms with van der Waals surface area (Å²) in [6.45, 7) is 3.08. The van der Waals surface area contributed by atoms with Crippen LogP contribution < -0.4 is 14.8 Å². The van der Waals surface area contributed by atoms with Crippen LogP contribution in [0.1, 0.15) is 34.7 Å².